The smallest absolute Gasteiger partial charge is 0.407 e. The number of carbonyl (C=O) groups excluding carboxylic acids is 1. The highest BCUT2D eigenvalue weighted by Crippen LogP contribution is 2.05. The SMILES string of the molecule is CCNC(=NCc1ccn[nH]1)NCCNC(=O)OC(C)(C)C. The molecule has 1 aromatic heterocycles. The highest BCUT2D eigenvalue weighted by atomic mass is 16.6. The average Bonchev–Trinajstić information content (AvgIpc) is 2.92. The number of alkyl carbamates (subject to hydrolysis) is 1. The zero-order valence-corrected chi connectivity index (χ0v) is 13.7. The van der Waals surface area contributed by atoms with E-state index in [9.17, 15) is 4.79 Å². The molecule has 0 fully saturated rings. The van der Waals surface area contributed by atoms with Gasteiger partial charge >= 0.3 is 6.09 Å². The summed E-state index contributed by atoms with van der Waals surface area (Å²) in [6, 6.07) is 1.87. The van der Waals surface area contributed by atoms with Crippen molar-refractivity contribution < 1.29 is 9.53 Å². The van der Waals surface area contributed by atoms with Crippen molar-refractivity contribution in [1.29, 1.82) is 0 Å². The van der Waals surface area contributed by atoms with Gasteiger partial charge in [-0.2, -0.15) is 5.10 Å². The van der Waals surface area contributed by atoms with E-state index in [0.717, 1.165) is 12.2 Å². The van der Waals surface area contributed by atoms with Crippen LogP contribution in [0.2, 0.25) is 0 Å². The third-order valence-electron chi connectivity index (χ3n) is 2.40. The monoisotopic (exact) mass is 310 g/mol. The van der Waals surface area contributed by atoms with Crippen LogP contribution < -0.4 is 16.0 Å². The Morgan fingerprint density at radius 1 is 1.32 bits per heavy atom. The molecule has 1 aromatic rings. The number of aromatic amines is 1. The van der Waals surface area contributed by atoms with E-state index in [4.69, 9.17) is 4.74 Å². The van der Waals surface area contributed by atoms with Gasteiger partial charge in [0, 0.05) is 25.8 Å². The number of rotatable bonds is 6. The molecule has 0 saturated carbocycles. The van der Waals surface area contributed by atoms with E-state index in [1.54, 1.807) is 6.20 Å². The van der Waals surface area contributed by atoms with Crippen LogP contribution in [-0.4, -0.2) is 47.5 Å². The molecule has 124 valence electrons. The number of guanidine groups is 1. The van der Waals surface area contributed by atoms with Crippen LogP contribution in [0.25, 0.3) is 0 Å². The van der Waals surface area contributed by atoms with Crippen LogP contribution in [0, 0.1) is 0 Å². The molecule has 0 atom stereocenters. The number of ether oxygens (including phenoxy) is 1. The summed E-state index contributed by atoms with van der Waals surface area (Å²) in [6.07, 6.45) is 1.27. The van der Waals surface area contributed by atoms with Crippen molar-refractivity contribution in [3.05, 3.63) is 18.0 Å². The van der Waals surface area contributed by atoms with Crippen LogP contribution >= 0.6 is 0 Å². The molecule has 1 rings (SSSR count). The maximum absolute atomic E-state index is 11.5. The molecule has 0 radical (unpaired) electrons. The van der Waals surface area contributed by atoms with Gasteiger partial charge in [-0.25, -0.2) is 9.79 Å². The molecule has 8 heteroatoms. The molecule has 0 aliphatic carbocycles. The predicted octanol–water partition coefficient (Wildman–Crippen LogP) is 0.990. The van der Waals surface area contributed by atoms with Gasteiger partial charge in [0.05, 0.1) is 12.2 Å². The summed E-state index contributed by atoms with van der Waals surface area (Å²) in [4.78, 5) is 15.9. The third kappa shape index (κ3) is 8.13. The van der Waals surface area contributed by atoms with Crippen LogP contribution in [0.1, 0.15) is 33.4 Å². The summed E-state index contributed by atoms with van der Waals surface area (Å²) >= 11 is 0. The molecular weight excluding hydrogens is 284 g/mol. The van der Waals surface area contributed by atoms with Crippen molar-refractivity contribution in [2.75, 3.05) is 19.6 Å². The fraction of sp³-hybridized carbons (Fsp3) is 0.643. The number of carbonyl (C=O) groups is 1. The lowest BCUT2D eigenvalue weighted by Gasteiger charge is -2.19. The van der Waals surface area contributed by atoms with Crippen molar-refractivity contribution in [2.45, 2.75) is 39.8 Å². The molecule has 0 aliphatic heterocycles. The van der Waals surface area contributed by atoms with Crippen LogP contribution in [0.15, 0.2) is 17.3 Å². The summed E-state index contributed by atoms with van der Waals surface area (Å²) in [5.41, 5.74) is 0.446. The Hall–Kier alpha value is -2.25. The van der Waals surface area contributed by atoms with E-state index in [2.05, 4.69) is 31.1 Å². The predicted molar refractivity (Wildman–Crippen MR) is 85.6 cm³/mol. The molecule has 1 heterocycles. The van der Waals surface area contributed by atoms with E-state index in [-0.39, 0.29) is 0 Å². The summed E-state index contributed by atoms with van der Waals surface area (Å²) in [6.45, 7) is 9.75. The summed E-state index contributed by atoms with van der Waals surface area (Å²) in [5, 5.41) is 15.7. The Morgan fingerprint density at radius 2 is 2.05 bits per heavy atom. The zero-order chi connectivity index (χ0) is 16.4. The molecule has 1 amide bonds. The minimum absolute atomic E-state index is 0.423. The first kappa shape index (κ1) is 17.8. The zero-order valence-electron chi connectivity index (χ0n) is 13.7. The number of nitrogens with one attached hydrogen (secondary N) is 4. The van der Waals surface area contributed by atoms with Crippen molar-refractivity contribution in [3.63, 3.8) is 0 Å². The summed E-state index contributed by atoms with van der Waals surface area (Å²) in [7, 11) is 0. The Labute approximate surface area is 131 Å². The van der Waals surface area contributed by atoms with Gasteiger partial charge in [0.2, 0.25) is 0 Å². The van der Waals surface area contributed by atoms with Crippen LogP contribution in [0.4, 0.5) is 4.79 Å². The topological polar surface area (TPSA) is 103 Å². The van der Waals surface area contributed by atoms with Gasteiger partial charge in [-0.3, -0.25) is 5.10 Å². The largest absolute Gasteiger partial charge is 0.444 e. The fourth-order valence-corrected chi connectivity index (χ4v) is 1.54. The second-order valence-corrected chi connectivity index (χ2v) is 5.63. The van der Waals surface area contributed by atoms with E-state index in [0.29, 0.717) is 25.6 Å². The molecule has 0 unspecified atom stereocenters. The summed E-state index contributed by atoms with van der Waals surface area (Å²) in [5.74, 6) is 0.683. The fourth-order valence-electron chi connectivity index (χ4n) is 1.54. The first-order valence-corrected chi connectivity index (χ1v) is 7.38. The Bertz CT molecular complexity index is 464. The molecule has 0 aliphatic rings. The van der Waals surface area contributed by atoms with Crippen molar-refractivity contribution in [3.8, 4) is 0 Å². The Balaban J connectivity index is 2.29. The quantitative estimate of drug-likeness (QED) is 0.356. The number of aliphatic imine (C=N–C) groups is 1. The number of hydrogen-bond acceptors (Lipinski definition) is 4. The highest BCUT2D eigenvalue weighted by molar-refractivity contribution is 5.79. The Kier molecular flexibility index (Phi) is 7.21. The minimum Gasteiger partial charge on any atom is -0.444 e. The molecular formula is C14H26N6O2. The van der Waals surface area contributed by atoms with Gasteiger partial charge in [0.15, 0.2) is 5.96 Å². The highest BCUT2D eigenvalue weighted by Gasteiger charge is 2.15. The third-order valence-corrected chi connectivity index (χ3v) is 2.40. The molecule has 4 N–H and O–H groups in total. The molecule has 0 saturated heterocycles. The lowest BCUT2D eigenvalue weighted by Crippen LogP contribution is -2.42. The first-order chi connectivity index (χ1) is 10.4. The number of amides is 1. The normalized spacial score (nSPS) is 11.9. The van der Waals surface area contributed by atoms with Crippen LogP contribution in [-0.2, 0) is 11.3 Å². The van der Waals surface area contributed by atoms with Crippen LogP contribution in [0.3, 0.4) is 0 Å². The van der Waals surface area contributed by atoms with Crippen LogP contribution in [0.5, 0.6) is 0 Å². The minimum atomic E-state index is -0.488. The standard InChI is InChI=1S/C14H26N6O2/c1-5-15-12(18-10-11-6-7-19-20-11)16-8-9-17-13(21)22-14(2,3)4/h6-7H,5,8-10H2,1-4H3,(H,17,21)(H,19,20)(H2,15,16,18). The Morgan fingerprint density at radius 3 is 2.64 bits per heavy atom. The number of aromatic nitrogens is 2. The van der Waals surface area contributed by atoms with Crippen molar-refractivity contribution >= 4 is 12.1 Å². The van der Waals surface area contributed by atoms with Gasteiger partial charge < -0.3 is 20.7 Å². The number of hydrogen-bond donors (Lipinski definition) is 4. The number of nitrogens with zero attached hydrogens (tertiary/aromatic N) is 2. The van der Waals surface area contributed by atoms with Crippen molar-refractivity contribution in [1.82, 2.24) is 26.1 Å². The first-order valence-electron chi connectivity index (χ1n) is 7.38. The molecule has 0 aromatic carbocycles. The van der Waals surface area contributed by atoms with E-state index >= 15 is 0 Å². The molecule has 8 nitrogen and oxygen atoms in total. The second-order valence-electron chi connectivity index (χ2n) is 5.63. The maximum atomic E-state index is 11.5. The maximum Gasteiger partial charge on any atom is 0.407 e. The van der Waals surface area contributed by atoms with Gasteiger partial charge in [-0.1, -0.05) is 0 Å². The second kappa shape index (κ2) is 8.91. The van der Waals surface area contributed by atoms with Gasteiger partial charge in [0.1, 0.15) is 5.60 Å². The molecule has 0 bridgehead atoms. The average molecular weight is 310 g/mol. The van der Waals surface area contributed by atoms with Gasteiger partial charge in [-0.05, 0) is 33.8 Å². The van der Waals surface area contributed by atoms with E-state index in [1.807, 2.05) is 33.8 Å². The van der Waals surface area contributed by atoms with Crippen molar-refractivity contribution in [2.24, 2.45) is 4.99 Å². The van der Waals surface area contributed by atoms with E-state index < -0.39 is 11.7 Å². The lowest BCUT2D eigenvalue weighted by molar-refractivity contribution is 0.0529. The number of H-pyrrole nitrogens is 1. The summed E-state index contributed by atoms with van der Waals surface area (Å²) < 4.78 is 5.15. The van der Waals surface area contributed by atoms with E-state index in [1.165, 1.54) is 0 Å². The van der Waals surface area contributed by atoms with Gasteiger partial charge in [-0.15, -0.1) is 0 Å². The lowest BCUT2D eigenvalue weighted by atomic mass is 10.2. The molecule has 22 heavy (non-hydrogen) atoms. The molecule has 0 spiro atoms. The van der Waals surface area contributed by atoms with Gasteiger partial charge in [0.25, 0.3) is 0 Å².